The molecule has 0 saturated heterocycles. The van der Waals surface area contributed by atoms with Crippen molar-refractivity contribution in [2.75, 3.05) is 6.61 Å². The third-order valence-electron chi connectivity index (χ3n) is 3.14. The van der Waals surface area contributed by atoms with E-state index in [9.17, 15) is 10.1 Å². The maximum absolute atomic E-state index is 10.8. The average Bonchev–Trinajstić information content (AvgIpc) is 2.21. The topological polar surface area (TPSA) is 52.4 Å². The van der Waals surface area contributed by atoms with E-state index in [-0.39, 0.29) is 16.5 Å². The van der Waals surface area contributed by atoms with Crippen LogP contribution in [0.4, 0.5) is 5.69 Å². The van der Waals surface area contributed by atoms with Crippen molar-refractivity contribution in [2.45, 2.75) is 25.7 Å². The molecule has 5 heteroatoms. The lowest BCUT2D eigenvalue weighted by molar-refractivity contribution is -0.385. The van der Waals surface area contributed by atoms with Gasteiger partial charge in [-0.1, -0.05) is 36.9 Å². The Morgan fingerprint density at radius 1 is 1.47 bits per heavy atom. The molecular weight excluding hydrogens is 242 g/mol. The zero-order chi connectivity index (χ0) is 12.3. The minimum absolute atomic E-state index is 0.121. The van der Waals surface area contributed by atoms with Crippen LogP contribution in [0.15, 0.2) is 18.2 Å². The molecule has 0 heterocycles. The molecule has 0 N–H and O–H groups in total. The molecule has 1 aliphatic rings. The van der Waals surface area contributed by atoms with Crippen LogP contribution in [0.25, 0.3) is 0 Å². The second kappa shape index (κ2) is 5.36. The maximum atomic E-state index is 10.8. The van der Waals surface area contributed by atoms with Gasteiger partial charge in [0, 0.05) is 0 Å². The lowest BCUT2D eigenvalue weighted by Crippen LogP contribution is -2.14. The number of hydrogen-bond donors (Lipinski definition) is 0. The molecule has 0 amide bonds. The SMILES string of the molecule is O=[N+]([O-])c1c(Cl)cccc1OCCC1CCC1. The molecule has 2 rings (SSSR count). The van der Waals surface area contributed by atoms with Gasteiger partial charge in [0.2, 0.25) is 0 Å². The largest absolute Gasteiger partial charge is 0.487 e. The zero-order valence-electron chi connectivity index (χ0n) is 9.39. The molecule has 1 fully saturated rings. The van der Waals surface area contributed by atoms with Crippen molar-refractivity contribution in [3.05, 3.63) is 33.3 Å². The predicted molar refractivity (Wildman–Crippen MR) is 65.6 cm³/mol. The molecule has 0 aliphatic heterocycles. The summed E-state index contributed by atoms with van der Waals surface area (Å²) in [6.07, 6.45) is 4.76. The molecular formula is C12H14ClNO3. The fourth-order valence-corrected chi connectivity index (χ4v) is 2.14. The number of halogens is 1. The highest BCUT2D eigenvalue weighted by Gasteiger charge is 2.21. The van der Waals surface area contributed by atoms with Gasteiger partial charge in [-0.05, 0) is 24.5 Å². The Morgan fingerprint density at radius 2 is 2.24 bits per heavy atom. The van der Waals surface area contributed by atoms with E-state index in [1.165, 1.54) is 25.3 Å². The van der Waals surface area contributed by atoms with Crippen molar-refractivity contribution >= 4 is 17.3 Å². The first kappa shape index (κ1) is 12.2. The lowest BCUT2D eigenvalue weighted by atomic mass is 9.83. The highest BCUT2D eigenvalue weighted by atomic mass is 35.5. The molecule has 0 aromatic heterocycles. The Bertz CT molecular complexity index is 418. The van der Waals surface area contributed by atoms with Gasteiger partial charge in [0.25, 0.3) is 0 Å². The maximum Gasteiger partial charge on any atom is 0.329 e. The molecule has 0 radical (unpaired) electrons. The van der Waals surface area contributed by atoms with E-state index >= 15 is 0 Å². The van der Waals surface area contributed by atoms with E-state index in [4.69, 9.17) is 16.3 Å². The van der Waals surface area contributed by atoms with Crippen molar-refractivity contribution in [1.29, 1.82) is 0 Å². The highest BCUT2D eigenvalue weighted by molar-refractivity contribution is 6.32. The van der Waals surface area contributed by atoms with Gasteiger partial charge >= 0.3 is 5.69 Å². The molecule has 0 spiro atoms. The first-order chi connectivity index (χ1) is 8.18. The fraction of sp³-hybridized carbons (Fsp3) is 0.500. The summed E-state index contributed by atoms with van der Waals surface area (Å²) >= 11 is 5.78. The van der Waals surface area contributed by atoms with Crippen LogP contribution in [-0.4, -0.2) is 11.5 Å². The van der Waals surface area contributed by atoms with Crippen LogP contribution in [0.1, 0.15) is 25.7 Å². The van der Waals surface area contributed by atoms with E-state index in [1.807, 2.05) is 0 Å². The summed E-state index contributed by atoms with van der Waals surface area (Å²) in [4.78, 5) is 10.3. The van der Waals surface area contributed by atoms with E-state index in [0.717, 1.165) is 12.3 Å². The lowest BCUT2D eigenvalue weighted by Gasteiger charge is -2.24. The highest BCUT2D eigenvalue weighted by Crippen LogP contribution is 2.35. The first-order valence-electron chi connectivity index (χ1n) is 5.74. The Balaban J connectivity index is 1.98. The second-order valence-electron chi connectivity index (χ2n) is 4.28. The second-order valence-corrected chi connectivity index (χ2v) is 4.68. The van der Waals surface area contributed by atoms with Crippen LogP contribution in [0.3, 0.4) is 0 Å². The molecule has 1 aromatic rings. The normalized spacial score (nSPS) is 15.4. The van der Waals surface area contributed by atoms with Gasteiger partial charge in [-0.25, -0.2) is 0 Å². The van der Waals surface area contributed by atoms with Crippen LogP contribution >= 0.6 is 11.6 Å². The zero-order valence-corrected chi connectivity index (χ0v) is 10.2. The van der Waals surface area contributed by atoms with E-state index in [2.05, 4.69) is 0 Å². The molecule has 0 bridgehead atoms. The number of nitro benzene ring substituents is 1. The Morgan fingerprint density at radius 3 is 2.82 bits per heavy atom. The monoisotopic (exact) mass is 255 g/mol. The van der Waals surface area contributed by atoms with Crippen LogP contribution in [0.2, 0.25) is 5.02 Å². The van der Waals surface area contributed by atoms with Gasteiger partial charge in [0.1, 0.15) is 5.02 Å². The standard InChI is InChI=1S/C12H14ClNO3/c13-10-5-2-6-11(12(10)14(15)16)17-8-7-9-3-1-4-9/h2,5-6,9H,1,3-4,7-8H2. The third-order valence-corrected chi connectivity index (χ3v) is 3.45. The summed E-state index contributed by atoms with van der Waals surface area (Å²) in [6.45, 7) is 0.520. The summed E-state index contributed by atoms with van der Waals surface area (Å²) in [7, 11) is 0. The van der Waals surface area contributed by atoms with Crippen LogP contribution in [0.5, 0.6) is 5.75 Å². The van der Waals surface area contributed by atoms with Crippen LogP contribution in [-0.2, 0) is 0 Å². The first-order valence-corrected chi connectivity index (χ1v) is 6.12. The van der Waals surface area contributed by atoms with Gasteiger partial charge in [-0.3, -0.25) is 10.1 Å². The van der Waals surface area contributed by atoms with E-state index in [1.54, 1.807) is 12.1 Å². The van der Waals surface area contributed by atoms with Crippen molar-refractivity contribution in [1.82, 2.24) is 0 Å². The van der Waals surface area contributed by atoms with E-state index in [0.29, 0.717) is 6.61 Å². The number of nitro groups is 1. The smallest absolute Gasteiger partial charge is 0.329 e. The summed E-state index contributed by atoms with van der Waals surface area (Å²) in [6, 6.07) is 4.75. The quantitative estimate of drug-likeness (QED) is 0.594. The molecule has 17 heavy (non-hydrogen) atoms. The summed E-state index contributed by atoms with van der Waals surface area (Å²) in [5.74, 6) is 0.995. The number of benzene rings is 1. The van der Waals surface area contributed by atoms with Crippen molar-refractivity contribution in [3.63, 3.8) is 0 Å². The van der Waals surface area contributed by atoms with Gasteiger partial charge in [0.15, 0.2) is 5.75 Å². The molecule has 4 nitrogen and oxygen atoms in total. The molecule has 0 unspecified atom stereocenters. The number of ether oxygens (including phenoxy) is 1. The Kier molecular flexibility index (Phi) is 3.84. The van der Waals surface area contributed by atoms with Crippen LogP contribution in [0, 0.1) is 16.0 Å². The number of hydrogen-bond acceptors (Lipinski definition) is 3. The minimum Gasteiger partial charge on any atom is -0.487 e. The van der Waals surface area contributed by atoms with E-state index < -0.39 is 4.92 Å². The predicted octanol–water partition coefficient (Wildman–Crippen LogP) is 3.82. The summed E-state index contributed by atoms with van der Waals surface area (Å²) in [5, 5.41) is 11.0. The molecule has 1 aliphatic carbocycles. The van der Waals surface area contributed by atoms with Gasteiger partial charge in [-0.2, -0.15) is 0 Å². The van der Waals surface area contributed by atoms with Crippen molar-refractivity contribution < 1.29 is 9.66 Å². The van der Waals surface area contributed by atoms with Crippen LogP contribution < -0.4 is 4.74 Å². The number of nitrogens with zero attached hydrogens (tertiary/aromatic N) is 1. The van der Waals surface area contributed by atoms with Crippen molar-refractivity contribution in [3.8, 4) is 5.75 Å². The summed E-state index contributed by atoms with van der Waals surface area (Å²) in [5.41, 5.74) is -0.136. The molecule has 1 saturated carbocycles. The minimum atomic E-state index is -0.499. The Hall–Kier alpha value is -1.29. The molecule has 92 valence electrons. The molecule has 0 atom stereocenters. The number of rotatable bonds is 5. The van der Waals surface area contributed by atoms with Gasteiger partial charge in [0.05, 0.1) is 11.5 Å². The van der Waals surface area contributed by atoms with Gasteiger partial charge < -0.3 is 4.74 Å². The molecule has 1 aromatic carbocycles. The Labute approximate surface area is 105 Å². The fourth-order valence-electron chi connectivity index (χ4n) is 1.91. The average molecular weight is 256 g/mol. The third kappa shape index (κ3) is 2.88. The van der Waals surface area contributed by atoms with Crippen molar-refractivity contribution in [2.24, 2.45) is 5.92 Å². The van der Waals surface area contributed by atoms with Gasteiger partial charge in [-0.15, -0.1) is 0 Å². The number of para-hydroxylation sites is 1. The summed E-state index contributed by atoms with van der Waals surface area (Å²) < 4.78 is 5.46.